The highest BCUT2D eigenvalue weighted by atomic mass is 16.4. The van der Waals surface area contributed by atoms with E-state index in [1.165, 1.54) is 0 Å². The van der Waals surface area contributed by atoms with Gasteiger partial charge in [-0.15, -0.1) is 0 Å². The number of rotatable bonds is 3. The van der Waals surface area contributed by atoms with Gasteiger partial charge in [0.25, 0.3) is 0 Å². The highest BCUT2D eigenvalue weighted by molar-refractivity contribution is 5.95. The summed E-state index contributed by atoms with van der Waals surface area (Å²) in [5, 5.41) is 20.9. The Balaban J connectivity index is 2.17. The summed E-state index contributed by atoms with van der Waals surface area (Å²) < 4.78 is 0. The normalized spacial score (nSPS) is 21.3. The highest BCUT2D eigenvalue weighted by Gasteiger charge is 2.35. The van der Waals surface area contributed by atoms with Gasteiger partial charge in [0.15, 0.2) is 0 Å². The number of amides is 1. The quantitative estimate of drug-likeness (QED) is 0.893. The van der Waals surface area contributed by atoms with E-state index in [0.717, 1.165) is 18.4 Å². The Kier molecular flexibility index (Phi) is 4.59. The minimum atomic E-state index is -0.905. The van der Waals surface area contributed by atoms with Crippen molar-refractivity contribution in [2.24, 2.45) is 11.8 Å². The van der Waals surface area contributed by atoms with Crippen LogP contribution in [0.5, 0.6) is 0 Å². The summed E-state index contributed by atoms with van der Waals surface area (Å²) in [5.74, 6) is -2.28. The van der Waals surface area contributed by atoms with E-state index in [9.17, 15) is 14.7 Å². The van der Waals surface area contributed by atoms with Gasteiger partial charge < -0.3 is 10.4 Å². The Morgan fingerprint density at radius 1 is 1.29 bits per heavy atom. The zero-order chi connectivity index (χ0) is 15.4. The molecule has 1 amide bonds. The van der Waals surface area contributed by atoms with Gasteiger partial charge in [-0.1, -0.05) is 18.9 Å². The number of hydrogen-bond donors (Lipinski definition) is 2. The molecule has 5 heteroatoms. The van der Waals surface area contributed by atoms with Crippen LogP contribution in [0.4, 0.5) is 5.69 Å². The Hall–Kier alpha value is -2.35. The molecule has 110 valence electrons. The number of benzene rings is 1. The molecule has 5 nitrogen and oxygen atoms in total. The van der Waals surface area contributed by atoms with Crippen molar-refractivity contribution in [2.75, 3.05) is 5.32 Å². The summed E-state index contributed by atoms with van der Waals surface area (Å²) in [6.07, 6.45) is 2.87. The van der Waals surface area contributed by atoms with Gasteiger partial charge in [-0.25, -0.2) is 0 Å². The van der Waals surface area contributed by atoms with E-state index < -0.39 is 17.8 Å². The summed E-state index contributed by atoms with van der Waals surface area (Å²) in [5.41, 5.74) is 1.90. The standard InChI is InChI=1S/C16H18N2O3/c1-10-6-7-11(9-17)8-14(10)18-15(19)12-4-2-3-5-13(12)16(20)21/h6-8,12-13H,2-5H2,1H3,(H,18,19)(H,20,21). The summed E-state index contributed by atoms with van der Waals surface area (Å²) in [6, 6.07) is 7.10. The van der Waals surface area contributed by atoms with Crippen molar-refractivity contribution in [1.29, 1.82) is 5.26 Å². The lowest BCUT2D eigenvalue weighted by Crippen LogP contribution is -2.36. The number of carbonyl (C=O) groups excluding carboxylic acids is 1. The maximum Gasteiger partial charge on any atom is 0.307 e. The van der Waals surface area contributed by atoms with Gasteiger partial charge in [-0.3, -0.25) is 9.59 Å². The number of carboxylic acid groups (broad SMARTS) is 1. The van der Waals surface area contributed by atoms with Gasteiger partial charge >= 0.3 is 5.97 Å². The topological polar surface area (TPSA) is 90.2 Å². The molecule has 2 atom stereocenters. The Morgan fingerprint density at radius 3 is 2.57 bits per heavy atom. The van der Waals surface area contributed by atoms with E-state index in [1.807, 2.05) is 13.0 Å². The first-order chi connectivity index (χ1) is 10.0. The summed E-state index contributed by atoms with van der Waals surface area (Å²) in [7, 11) is 0. The zero-order valence-corrected chi connectivity index (χ0v) is 11.9. The third kappa shape index (κ3) is 3.40. The molecule has 0 aliphatic heterocycles. The fourth-order valence-electron chi connectivity index (χ4n) is 2.79. The third-order valence-corrected chi connectivity index (χ3v) is 4.04. The average molecular weight is 286 g/mol. The van der Waals surface area contributed by atoms with Crippen LogP contribution < -0.4 is 5.32 Å². The van der Waals surface area contributed by atoms with E-state index in [0.29, 0.717) is 24.1 Å². The van der Waals surface area contributed by atoms with E-state index in [1.54, 1.807) is 18.2 Å². The first kappa shape index (κ1) is 15.0. The molecule has 1 saturated carbocycles. The second kappa shape index (κ2) is 6.40. The number of aliphatic carboxylic acids is 1. The van der Waals surface area contributed by atoms with E-state index in [4.69, 9.17) is 5.26 Å². The number of anilines is 1. The van der Waals surface area contributed by atoms with Crippen LogP contribution in [-0.2, 0) is 9.59 Å². The van der Waals surface area contributed by atoms with Gasteiger partial charge in [0.1, 0.15) is 0 Å². The molecule has 0 bridgehead atoms. The molecule has 2 rings (SSSR count). The van der Waals surface area contributed by atoms with Crippen LogP contribution in [0, 0.1) is 30.1 Å². The molecule has 1 fully saturated rings. The molecule has 2 N–H and O–H groups in total. The predicted octanol–water partition coefficient (Wildman–Crippen LogP) is 2.70. The molecule has 0 radical (unpaired) electrons. The number of aryl methyl sites for hydroxylation is 1. The van der Waals surface area contributed by atoms with Crippen molar-refractivity contribution in [1.82, 2.24) is 0 Å². The van der Waals surface area contributed by atoms with Crippen molar-refractivity contribution in [3.63, 3.8) is 0 Å². The van der Waals surface area contributed by atoms with E-state index in [-0.39, 0.29) is 5.91 Å². The fourth-order valence-corrected chi connectivity index (χ4v) is 2.79. The Labute approximate surface area is 123 Å². The van der Waals surface area contributed by atoms with Crippen molar-refractivity contribution in [2.45, 2.75) is 32.6 Å². The number of nitriles is 1. The van der Waals surface area contributed by atoms with Gasteiger partial charge in [0.2, 0.25) is 5.91 Å². The summed E-state index contributed by atoms with van der Waals surface area (Å²) >= 11 is 0. The number of nitrogens with one attached hydrogen (secondary N) is 1. The average Bonchev–Trinajstić information content (AvgIpc) is 2.49. The maximum absolute atomic E-state index is 12.4. The maximum atomic E-state index is 12.4. The molecule has 0 heterocycles. The molecule has 21 heavy (non-hydrogen) atoms. The zero-order valence-electron chi connectivity index (χ0n) is 11.9. The highest BCUT2D eigenvalue weighted by Crippen LogP contribution is 2.31. The van der Waals surface area contributed by atoms with E-state index >= 15 is 0 Å². The van der Waals surface area contributed by atoms with Crippen molar-refractivity contribution >= 4 is 17.6 Å². The lowest BCUT2D eigenvalue weighted by atomic mass is 9.78. The first-order valence-corrected chi connectivity index (χ1v) is 7.07. The van der Waals surface area contributed by atoms with Crippen LogP contribution in [-0.4, -0.2) is 17.0 Å². The molecule has 0 saturated heterocycles. The molecular weight excluding hydrogens is 268 g/mol. The van der Waals surface area contributed by atoms with Gasteiger partial charge in [0.05, 0.1) is 23.5 Å². The SMILES string of the molecule is Cc1ccc(C#N)cc1NC(=O)C1CCCCC1C(=O)O. The van der Waals surface area contributed by atoms with Crippen LogP contribution >= 0.6 is 0 Å². The predicted molar refractivity (Wildman–Crippen MR) is 77.6 cm³/mol. The molecule has 2 unspecified atom stereocenters. The van der Waals surface area contributed by atoms with Gasteiger partial charge in [0, 0.05) is 5.69 Å². The Bertz CT molecular complexity index is 604. The van der Waals surface area contributed by atoms with Crippen LogP contribution in [0.2, 0.25) is 0 Å². The van der Waals surface area contributed by atoms with E-state index in [2.05, 4.69) is 5.32 Å². The lowest BCUT2D eigenvalue weighted by Gasteiger charge is -2.27. The minimum absolute atomic E-state index is 0.264. The molecular formula is C16H18N2O3. The van der Waals surface area contributed by atoms with Crippen LogP contribution in [0.15, 0.2) is 18.2 Å². The Morgan fingerprint density at radius 2 is 1.95 bits per heavy atom. The van der Waals surface area contributed by atoms with Crippen LogP contribution in [0.25, 0.3) is 0 Å². The molecule has 0 spiro atoms. The first-order valence-electron chi connectivity index (χ1n) is 7.07. The van der Waals surface area contributed by atoms with Crippen molar-refractivity contribution < 1.29 is 14.7 Å². The third-order valence-electron chi connectivity index (χ3n) is 4.04. The second-order valence-corrected chi connectivity index (χ2v) is 5.47. The second-order valence-electron chi connectivity index (χ2n) is 5.47. The smallest absolute Gasteiger partial charge is 0.307 e. The molecule has 1 aromatic carbocycles. The number of nitrogens with zero attached hydrogens (tertiary/aromatic N) is 1. The largest absolute Gasteiger partial charge is 0.481 e. The fraction of sp³-hybridized carbons (Fsp3) is 0.438. The number of hydrogen-bond acceptors (Lipinski definition) is 3. The van der Waals surface area contributed by atoms with Crippen LogP contribution in [0.3, 0.4) is 0 Å². The monoisotopic (exact) mass is 286 g/mol. The van der Waals surface area contributed by atoms with Gasteiger partial charge in [-0.05, 0) is 37.5 Å². The van der Waals surface area contributed by atoms with Crippen molar-refractivity contribution in [3.05, 3.63) is 29.3 Å². The molecule has 1 aliphatic rings. The molecule has 0 aromatic heterocycles. The van der Waals surface area contributed by atoms with Crippen LogP contribution in [0.1, 0.15) is 36.8 Å². The minimum Gasteiger partial charge on any atom is -0.481 e. The van der Waals surface area contributed by atoms with Crippen molar-refractivity contribution in [3.8, 4) is 6.07 Å². The summed E-state index contributed by atoms with van der Waals surface area (Å²) in [4.78, 5) is 23.6. The molecule has 1 aromatic rings. The lowest BCUT2D eigenvalue weighted by molar-refractivity contribution is -0.147. The summed E-state index contributed by atoms with van der Waals surface area (Å²) in [6.45, 7) is 1.84. The molecule has 1 aliphatic carbocycles. The number of carboxylic acids is 1. The number of carbonyl (C=O) groups is 2. The van der Waals surface area contributed by atoms with Gasteiger partial charge in [-0.2, -0.15) is 5.26 Å².